The van der Waals surface area contributed by atoms with E-state index in [1.807, 2.05) is 30.3 Å². The summed E-state index contributed by atoms with van der Waals surface area (Å²) in [6.07, 6.45) is -3.60. The number of halogens is 3. The second-order valence-corrected chi connectivity index (χ2v) is 7.43. The van der Waals surface area contributed by atoms with Gasteiger partial charge in [-0.05, 0) is 23.3 Å². The third-order valence-corrected chi connectivity index (χ3v) is 4.95. The zero-order valence-electron chi connectivity index (χ0n) is 19.6. The van der Waals surface area contributed by atoms with E-state index in [4.69, 9.17) is 19.0 Å². The number of hydrogen-bond acceptors (Lipinski definition) is 6. The summed E-state index contributed by atoms with van der Waals surface area (Å²) in [4.78, 5) is 17.3. The first-order chi connectivity index (χ1) is 17.3. The van der Waals surface area contributed by atoms with Gasteiger partial charge in [-0.25, -0.2) is 4.79 Å². The van der Waals surface area contributed by atoms with Gasteiger partial charge in [0.15, 0.2) is 5.71 Å². The Morgan fingerprint density at radius 3 is 2.33 bits per heavy atom. The largest absolute Gasteiger partial charge is 0.503 e. The van der Waals surface area contributed by atoms with Gasteiger partial charge in [-0.2, -0.15) is 13.2 Å². The number of carbonyl (C=O) groups is 1. The van der Waals surface area contributed by atoms with Gasteiger partial charge in [0, 0.05) is 11.1 Å². The van der Waals surface area contributed by atoms with E-state index in [-0.39, 0.29) is 30.1 Å². The summed E-state index contributed by atoms with van der Waals surface area (Å²) in [5.41, 5.74) is 0.329. The number of nitrogens with zero attached hydrogens (tertiary/aromatic N) is 1. The molecule has 0 spiro atoms. The molecule has 3 rings (SSSR count). The molecule has 0 fully saturated rings. The maximum atomic E-state index is 13.8. The third kappa shape index (κ3) is 7.11. The van der Waals surface area contributed by atoms with Crippen LogP contribution in [-0.2, 0) is 32.3 Å². The number of hydrogen-bond donors (Lipinski definition) is 0. The third-order valence-electron chi connectivity index (χ3n) is 4.95. The fraction of sp³-hybridized carbons (Fsp3) is 0.185. The van der Waals surface area contributed by atoms with Crippen molar-refractivity contribution >= 4 is 17.3 Å². The fourth-order valence-corrected chi connectivity index (χ4v) is 3.27. The molecule has 0 aliphatic rings. The Bertz CT molecular complexity index is 1220. The van der Waals surface area contributed by atoms with Crippen LogP contribution in [0.5, 0.6) is 5.75 Å². The van der Waals surface area contributed by atoms with Crippen LogP contribution in [-0.4, -0.2) is 32.1 Å². The van der Waals surface area contributed by atoms with Gasteiger partial charge >= 0.3 is 12.1 Å². The first-order valence-corrected chi connectivity index (χ1v) is 10.8. The fourth-order valence-electron chi connectivity index (χ4n) is 3.27. The second kappa shape index (κ2) is 12.4. The summed E-state index contributed by atoms with van der Waals surface area (Å²) in [5.74, 6) is -0.415. The van der Waals surface area contributed by atoms with Gasteiger partial charge in [-0.15, -0.1) is 0 Å². The Balaban J connectivity index is 1.82. The van der Waals surface area contributed by atoms with E-state index in [1.54, 1.807) is 30.3 Å². The Morgan fingerprint density at radius 1 is 0.917 bits per heavy atom. The number of carbonyl (C=O) groups excluding carboxylic acids is 1. The molecule has 0 N–H and O–H groups in total. The van der Waals surface area contributed by atoms with Crippen LogP contribution in [0.3, 0.4) is 0 Å². The Kier molecular flexibility index (Phi) is 9.10. The van der Waals surface area contributed by atoms with Crippen molar-refractivity contribution in [1.82, 2.24) is 0 Å². The molecule has 9 heteroatoms. The molecule has 0 radical (unpaired) electrons. The number of ether oxygens (including phenoxy) is 3. The SMILES string of the molecule is CO/C=C(/C(=O)OC)c1ccccc1CO/N=C(/c1cccc(OCc2ccccc2)c1)C(F)(F)F. The van der Waals surface area contributed by atoms with Crippen molar-refractivity contribution in [1.29, 1.82) is 0 Å². The van der Waals surface area contributed by atoms with Crippen LogP contribution in [0.1, 0.15) is 22.3 Å². The smallest absolute Gasteiger partial charge is 0.437 e. The lowest BCUT2D eigenvalue weighted by Crippen LogP contribution is -2.24. The standard InChI is InChI=1S/C27H24F3NO5/c1-33-18-24(26(32)34-2)23-14-7-6-11-21(23)17-36-31-25(27(28,29)30)20-12-8-13-22(15-20)35-16-19-9-4-3-5-10-19/h3-15,18H,16-17H2,1-2H3/b24-18+,31-25-. The van der Waals surface area contributed by atoms with Crippen molar-refractivity contribution in [2.75, 3.05) is 14.2 Å². The molecule has 0 aliphatic carbocycles. The molecule has 0 amide bonds. The molecule has 3 aromatic rings. The second-order valence-electron chi connectivity index (χ2n) is 7.43. The van der Waals surface area contributed by atoms with Gasteiger partial charge in [0.1, 0.15) is 24.5 Å². The quantitative estimate of drug-likeness (QED) is 0.114. The minimum absolute atomic E-state index is 0.0856. The van der Waals surface area contributed by atoms with E-state index < -0.39 is 17.9 Å². The monoisotopic (exact) mass is 499 g/mol. The summed E-state index contributed by atoms with van der Waals surface area (Å²) in [5, 5.41) is 3.40. The highest BCUT2D eigenvalue weighted by Gasteiger charge is 2.38. The van der Waals surface area contributed by atoms with Gasteiger partial charge < -0.3 is 19.0 Å². The molecule has 188 valence electrons. The van der Waals surface area contributed by atoms with Crippen LogP contribution in [0.2, 0.25) is 0 Å². The highest BCUT2D eigenvalue weighted by molar-refractivity contribution is 6.16. The van der Waals surface area contributed by atoms with Crippen molar-refractivity contribution < 1.29 is 37.0 Å². The Labute approximate surface area is 206 Å². The van der Waals surface area contributed by atoms with Gasteiger partial charge in [0.05, 0.1) is 20.5 Å². The molecule has 0 aliphatic heterocycles. The van der Waals surface area contributed by atoms with Crippen molar-refractivity contribution in [3.8, 4) is 5.75 Å². The van der Waals surface area contributed by atoms with Crippen LogP contribution in [0.25, 0.3) is 5.57 Å². The minimum Gasteiger partial charge on any atom is -0.503 e. The molecule has 0 saturated heterocycles. The lowest BCUT2D eigenvalue weighted by Gasteiger charge is -2.14. The van der Waals surface area contributed by atoms with Crippen LogP contribution in [0, 0.1) is 0 Å². The van der Waals surface area contributed by atoms with Crippen molar-refractivity contribution in [3.05, 3.63) is 107 Å². The molecule has 0 aromatic heterocycles. The number of oxime groups is 1. The van der Waals surface area contributed by atoms with E-state index in [9.17, 15) is 18.0 Å². The highest BCUT2D eigenvalue weighted by atomic mass is 19.4. The van der Waals surface area contributed by atoms with E-state index >= 15 is 0 Å². The summed E-state index contributed by atoms with van der Waals surface area (Å²) in [7, 11) is 2.57. The Morgan fingerprint density at radius 2 is 1.64 bits per heavy atom. The maximum Gasteiger partial charge on any atom is 0.437 e. The predicted molar refractivity (Wildman–Crippen MR) is 128 cm³/mol. The molecule has 3 aromatic carbocycles. The summed E-state index contributed by atoms with van der Waals surface area (Å²) in [6.45, 7) is -0.133. The number of benzene rings is 3. The molecule has 0 atom stereocenters. The van der Waals surface area contributed by atoms with Crippen molar-refractivity contribution in [2.45, 2.75) is 19.4 Å². The maximum absolute atomic E-state index is 13.8. The lowest BCUT2D eigenvalue weighted by atomic mass is 10.0. The molecule has 0 unspecified atom stereocenters. The molecule has 0 heterocycles. The minimum atomic E-state index is -4.79. The molecular weight excluding hydrogens is 475 g/mol. The highest BCUT2D eigenvalue weighted by Crippen LogP contribution is 2.27. The van der Waals surface area contributed by atoms with E-state index in [1.165, 1.54) is 38.7 Å². The lowest BCUT2D eigenvalue weighted by molar-refractivity contribution is -0.133. The van der Waals surface area contributed by atoms with Gasteiger partial charge in [0.2, 0.25) is 0 Å². The molecule has 6 nitrogen and oxygen atoms in total. The predicted octanol–water partition coefficient (Wildman–Crippen LogP) is 5.91. The average molecular weight is 499 g/mol. The number of esters is 1. The number of alkyl halides is 3. The first-order valence-electron chi connectivity index (χ1n) is 10.8. The molecule has 0 bridgehead atoms. The molecular formula is C27H24F3NO5. The van der Waals surface area contributed by atoms with Crippen LogP contribution >= 0.6 is 0 Å². The average Bonchev–Trinajstić information content (AvgIpc) is 2.88. The van der Waals surface area contributed by atoms with E-state index in [0.29, 0.717) is 11.1 Å². The van der Waals surface area contributed by atoms with Crippen molar-refractivity contribution in [2.24, 2.45) is 5.16 Å². The molecule has 36 heavy (non-hydrogen) atoms. The van der Waals surface area contributed by atoms with E-state index in [2.05, 4.69) is 5.16 Å². The summed E-state index contributed by atoms with van der Waals surface area (Å²) < 4.78 is 56.9. The van der Waals surface area contributed by atoms with Crippen LogP contribution in [0.15, 0.2) is 90.3 Å². The zero-order chi connectivity index (χ0) is 26.0. The normalized spacial score (nSPS) is 12.1. The van der Waals surface area contributed by atoms with Gasteiger partial charge in [-0.1, -0.05) is 71.9 Å². The van der Waals surface area contributed by atoms with Gasteiger partial charge in [-0.3, -0.25) is 0 Å². The first kappa shape index (κ1) is 26.3. The summed E-state index contributed by atoms with van der Waals surface area (Å²) in [6, 6.07) is 21.3. The topological polar surface area (TPSA) is 66.4 Å². The summed E-state index contributed by atoms with van der Waals surface area (Å²) >= 11 is 0. The van der Waals surface area contributed by atoms with Gasteiger partial charge in [0.25, 0.3) is 0 Å². The van der Waals surface area contributed by atoms with Crippen LogP contribution < -0.4 is 4.74 Å². The number of methoxy groups -OCH3 is 2. The zero-order valence-corrected chi connectivity index (χ0v) is 19.6. The Hall–Kier alpha value is -4.27. The van der Waals surface area contributed by atoms with E-state index in [0.717, 1.165) is 5.56 Å². The van der Waals surface area contributed by atoms with Crippen molar-refractivity contribution in [3.63, 3.8) is 0 Å². The number of rotatable bonds is 10. The van der Waals surface area contributed by atoms with Crippen LogP contribution in [0.4, 0.5) is 13.2 Å². The molecule has 0 saturated carbocycles.